The molecular weight excluding hydrogens is 506 g/mol. The Morgan fingerprint density at radius 1 is 1.03 bits per heavy atom. The van der Waals surface area contributed by atoms with Crippen LogP contribution in [0, 0.1) is 6.92 Å². The van der Waals surface area contributed by atoms with Crippen molar-refractivity contribution in [1.82, 2.24) is 19.7 Å². The fourth-order valence-corrected chi connectivity index (χ4v) is 5.39. The van der Waals surface area contributed by atoms with Gasteiger partial charge in [0.15, 0.2) is 11.0 Å². The maximum Gasteiger partial charge on any atom is 0.234 e. The summed E-state index contributed by atoms with van der Waals surface area (Å²) in [6.07, 6.45) is 0. The Morgan fingerprint density at radius 2 is 1.78 bits per heavy atom. The van der Waals surface area contributed by atoms with Crippen molar-refractivity contribution in [1.29, 1.82) is 0 Å². The number of nitrogens with one attached hydrogen (secondary N) is 1. The molecule has 0 spiro atoms. The minimum atomic E-state index is -0.118. The number of amides is 1. The van der Waals surface area contributed by atoms with E-state index in [4.69, 9.17) is 14.5 Å². The number of hydrogen-bond acceptors (Lipinski definition) is 8. The van der Waals surface area contributed by atoms with Gasteiger partial charge in [-0.05, 0) is 73.2 Å². The lowest BCUT2D eigenvalue weighted by atomic mass is 10.2. The number of carbonyl (C=O) groups excluding carboxylic acids is 1. The molecule has 0 aliphatic heterocycles. The van der Waals surface area contributed by atoms with Crippen LogP contribution in [-0.2, 0) is 18.4 Å². The van der Waals surface area contributed by atoms with Crippen LogP contribution in [0.25, 0.3) is 20.8 Å². The molecule has 0 saturated heterocycles. The third kappa shape index (κ3) is 5.92. The number of nitrogens with zero attached hydrogens (tertiary/aromatic N) is 4. The summed E-state index contributed by atoms with van der Waals surface area (Å²) in [5.41, 5.74) is 3.98. The molecule has 0 aliphatic rings. The number of hydrogen-bond donors (Lipinski definition) is 1. The highest BCUT2D eigenvalue weighted by atomic mass is 32.2. The van der Waals surface area contributed by atoms with Crippen molar-refractivity contribution in [2.24, 2.45) is 7.05 Å². The quantitative estimate of drug-likeness (QED) is 0.243. The second-order valence-electron chi connectivity index (χ2n) is 8.33. The van der Waals surface area contributed by atoms with Crippen LogP contribution < -0.4 is 14.8 Å². The zero-order valence-electron chi connectivity index (χ0n) is 20.6. The van der Waals surface area contributed by atoms with Gasteiger partial charge in [0.05, 0.1) is 23.1 Å². The van der Waals surface area contributed by atoms with Gasteiger partial charge in [-0.2, -0.15) is 0 Å². The number of thiazole rings is 1. The molecule has 37 heavy (non-hydrogen) atoms. The van der Waals surface area contributed by atoms with Crippen molar-refractivity contribution >= 4 is 44.9 Å². The van der Waals surface area contributed by atoms with E-state index in [1.807, 2.05) is 66.2 Å². The molecule has 1 amide bonds. The molecule has 2 heterocycles. The molecule has 8 nitrogen and oxygen atoms in total. The molecule has 0 fully saturated rings. The molecule has 0 bridgehead atoms. The molecule has 10 heteroatoms. The first kappa shape index (κ1) is 24.8. The lowest BCUT2D eigenvalue weighted by molar-refractivity contribution is -0.113. The van der Waals surface area contributed by atoms with Crippen LogP contribution in [0.5, 0.6) is 11.5 Å². The number of methoxy groups -OCH3 is 1. The highest BCUT2D eigenvalue weighted by molar-refractivity contribution is 7.99. The summed E-state index contributed by atoms with van der Waals surface area (Å²) in [4.78, 5) is 17.3. The molecule has 5 rings (SSSR count). The zero-order chi connectivity index (χ0) is 25.8. The summed E-state index contributed by atoms with van der Waals surface area (Å²) in [6, 6.07) is 21.3. The van der Waals surface area contributed by atoms with E-state index in [1.54, 1.807) is 18.4 Å². The fraction of sp³-hybridized carbons (Fsp3) is 0.185. The third-order valence-corrected chi connectivity index (χ3v) is 7.73. The van der Waals surface area contributed by atoms with Crippen molar-refractivity contribution in [2.75, 3.05) is 18.2 Å². The highest BCUT2D eigenvalue weighted by Crippen LogP contribution is 2.31. The Balaban J connectivity index is 1.13. The first-order chi connectivity index (χ1) is 18.0. The highest BCUT2D eigenvalue weighted by Gasteiger charge is 2.13. The zero-order valence-corrected chi connectivity index (χ0v) is 22.2. The minimum Gasteiger partial charge on any atom is -0.497 e. The number of carbonyl (C=O) groups is 1. The second kappa shape index (κ2) is 11.0. The van der Waals surface area contributed by atoms with E-state index in [-0.39, 0.29) is 18.3 Å². The number of ether oxygens (including phenoxy) is 2. The van der Waals surface area contributed by atoms with Crippen LogP contribution in [0.1, 0.15) is 11.4 Å². The van der Waals surface area contributed by atoms with Gasteiger partial charge in [-0.1, -0.05) is 17.8 Å². The molecule has 188 valence electrons. The van der Waals surface area contributed by atoms with E-state index >= 15 is 0 Å². The van der Waals surface area contributed by atoms with Gasteiger partial charge in [0.25, 0.3) is 0 Å². The predicted octanol–water partition coefficient (Wildman–Crippen LogP) is 5.72. The summed E-state index contributed by atoms with van der Waals surface area (Å²) in [5, 5.41) is 12.9. The number of aromatic nitrogens is 4. The molecule has 0 unspecified atom stereocenters. The Kier molecular flexibility index (Phi) is 7.38. The number of aryl methyl sites for hydroxylation is 1. The van der Waals surface area contributed by atoms with Crippen molar-refractivity contribution in [2.45, 2.75) is 18.7 Å². The molecule has 0 aliphatic carbocycles. The lowest BCUT2D eigenvalue weighted by Crippen LogP contribution is -2.14. The van der Waals surface area contributed by atoms with Gasteiger partial charge in [-0.25, -0.2) is 4.98 Å². The molecule has 0 atom stereocenters. The van der Waals surface area contributed by atoms with E-state index in [0.717, 1.165) is 27.5 Å². The van der Waals surface area contributed by atoms with E-state index in [0.29, 0.717) is 16.7 Å². The summed E-state index contributed by atoms with van der Waals surface area (Å²) in [7, 11) is 3.48. The molecule has 2 aromatic heterocycles. The van der Waals surface area contributed by atoms with Crippen LogP contribution in [0.4, 0.5) is 5.69 Å². The Labute approximate surface area is 222 Å². The molecule has 1 N–H and O–H groups in total. The first-order valence-corrected chi connectivity index (χ1v) is 13.3. The molecule has 3 aromatic carbocycles. The van der Waals surface area contributed by atoms with Crippen LogP contribution >= 0.6 is 23.1 Å². The maximum atomic E-state index is 12.5. The normalized spacial score (nSPS) is 11.0. The smallest absolute Gasteiger partial charge is 0.234 e. The van der Waals surface area contributed by atoms with E-state index in [1.165, 1.54) is 22.0 Å². The fourth-order valence-electron chi connectivity index (χ4n) is 3.59. The number of fused-ring (bicyclic) bond motifs is 1. The van der Waals surface area contributed by atoms with Gasteiger partial charge in [0, 0.05) is 18.3 Å². The van der Waals surface area contributed by atoms with E-state index < -0.39 is 0 Å². The van der Waals surface area contributed by atoms with E-state index in [9.17, 15) is 4.79 Å². The van der Waals surface area contributed by atoms with Crippen molar-refractivity contribution < 1.29 is 14.3 Å². The average Bonchev–Trinajstić information content (AvgIpc) is 3.49. The van der Waals surface area contributed by atoms with Gasteiger partial charge in [0.1, 0.15) is 23.1 Å². The van der Waals surface area contributed by atoms with E-state index in [2.05, 4.69) is 34.6 Å². The topological polar surface area (TPSA) is 91.2 Å². The second-order valence-corrected chi connectivity index (χ2v) is 10.3. The minimum absolute atomic E-state index is 0.118. The predicted molar refractivity (Wildman–Crippen MR) is 147 cm³/mol. The molecular formula is C27H25N5O3S2. The van der Waals surface area contributed by atoms with Gasteiger partial charge >= 0.3 is 0 Å². The van der Waals surface area contributed by atoms with Gasteiger partial charge in [-0.15, -0.1) is 21.5 Å². The summed E-state index contributed by atoms with van der Waals surface area (Å²) < 4.78 is 13.9. The van der Waals surface area contributed by atoms with Gasteiger partial charge in [-0.3, -0.25) is 4.79 Å². The van der Waals surface area contributed by atoms with Gasteiger partial charge < -0.3 is 19.4 Å². The third-order valence-electron chi connectivity index (χ3n) is 5.64. The SMILES string of the molecule is COc1ccc(OCc2nnc(SCC(=O)Nc3ccc(-c4nc5ccc(C)cc5s4)cc3)n2C)cc1. The number of anilines is 1. The van der Waals surface area contributed by atoms with Crippen LogP contribution in [0.3, 0.4) is 0 Å². The summed E-state index contributed by atoms with van der Waals surface area (Å²) in [5.74, 6) is 2.24. The monoisotopic (exact) mass is 531 g/mol. The standard InChI is InChI=1S/C27H25N5O3S2/c1-17-4-13-22-23(14-17)37-26(29-22)18-5-7-19(8-6-18)28-25(33)16-36-27-31-30-24(32(27)2)15-35-21-11-9-20(34-3)10-12-21/h4-14H,15-16H2,1-3H3,(H,28,33). The van der Waals surface area contributed by atoms with Crippen LogP contribution in [-0.4, -0.2) is 38.5 Å². The first-order valence-electron chi connectivity index (χ1n) is 11.5. The molecule has 0 saturated carbocycles. The van der Waals surface area contributed by atoms with Crippen molar-refractivity contribution in [3.8, 4) is 22.1 Å². The van der Waals surface area contributed by atoms with Crippen molar-refractivity contribution in [3.63, 3.8) is 0 Å². The van der Waals surface area contributed by atoms with Crippen LogP contribution in [0.15, 0.2) is 71.9 Å². The Hall–Kier alpha value is -3.89. The average molecular weight is 532 g/mol. The molecule has 0 radical (unpaired) electrons. The number of benzene rings is 3. The lowest BCUT2D eigenvalue weighted by Gasteiger charge is -2.08. The van der Waals surface area contributed by atoms with Crippen LogP contribution in [0.2, 0.25) is 0 Å². The molecule has 5 aromatic rings. The number of rotatable bonds is 9. The van der Waals surface area contributed by atoms with Crippen molar-refractivity contribution in [3.05, 3.63) is 78.1 Å². The number of thioether (sulfide) groups is 1. The summed E-state index contributed by atoms with van der Waals surface area (Å²) >= 11 is 2.99. The Bertz CT molecular complexity index is 1530. The maximum absolute atomic E-state index is 12.5. The summed E-state index contributed by atoms with van der Waals surface area (Å²) in [6.45, 7) is 2.35. The largest absolute Gasteiger partial charge is 0.497 e. The van der Waals surface area contributed by atoms with Gasteiger partial charge in [0.2, 0.25) is 5.91 Å². The Morgan fingerprint density at radius 3 is 2.54 bits per heavy atom.